The molecule has 1 heterocycles. The monoisotopic (exact) mass is 288 g/mol. The molecule has 0 atom stereocenters. The fourth-order valence-corrected chi connectivity index (χ4v) is 2.74. The number of pyridine rings is 1. The SMILES string of the molecule is CNCc1cc(Oc2ccc3c(c2)CCC3)ncc1Cl. The van der Waals surface area contributed by atoms with Crippen LogP contribution in [0.5, 0.6) is 11.6 Å². The number of rotatable bonds is 4. The van der Waals surface area contributed by atoms with Crippen LogP contribution in [0, 0.1) is 0 Å². The molecule has 3 nitrogen and oxygen atoms in total. The molecular formula is C16H17ClN2O. The summed E-state index contributed by atoms with van der Waals surface area (Å²) in [5.74, 6) is 1.42. The molecule has 1 aliphatic rings. The summed E-state index contributed by atoms with van der Waals surface area (Å²) in [4.78, 5) is 4.23. The van der Waals surface area contributed by atoms with Gasteiger partial charge in [-0.1, -0.05) is 17.7 Å². The lowest BCUT2D eigenvalue weighted by Gasteiger charge is -2.09. The van der Waals surface area contributed by atoms with Crippen molar-refractivity contribution < 1.29 is 4.74 Å². The van der Waals surface area contributed by atoms with E-state index in [0.717, 1.165) is 17.7 Å². The Balaban J connectivity index is 1.82. The van der Waals surface area contributed by atoms with Crippen molar-refractivity contribution in [3.63, 3.8) is 0 Å². The van der Waals surface area contributed by atoms with Crippen molar-refractivity contribution in [1.82, 2.24) is 10.3 Å². The lowest BCUT2D eigenvalue weighted by Crippen LogP contribution is -2.06. The molecule has 0 amide bonds. The van der Waals surface area contributed by atoms with Crippen molar-refractivity contribution in [3.8, 4) is 11.6 Å². The molecule has 0 aliphatic heterocycles. The van der Waals surface area contributed by atoms with Crippen LogP contribution in [-0.2, 0) is 19.4 Å². The average molecular weight is 289 g/mol. The molecule has 1 N–H and O–H groups in total. The van der Waals surface area contributed by atoms with E-state index in [1.807, 2.05) is 19.2 Å². The van der Waals surface area contributed by atoms with Crippen LogP contribution in [0.3, 0.4) is 0 Å². The third-order valence-electron chi connectivity index (χ3n) is 3.57. The van der Waals surface area contributed by atoms with Gasteiger partial charge in [0.05, 0.1) is 5.02 Å². The van der Waals surface area contributed by atoms with Gasteiger partial charge in [0, 0.05) is 18.8 Å². The highest BCUT2D eigenvalue weighted by molar-refractivity contribution is 6.31. The van der Waals surface area contributed by atoms with Crippen LogP contribution < -0.4 is 10.1 Å². The number of hydrogen-bond donors (Lipinski definition) is 1. The highest BCUT2D eigenvalue weighted by atomic mass is 35.5. The van der Waals surface area contributed by atoms with Crippen LogP contribution in [0.25, 0.3) is 0 Å². The van der Waals surface area contributed by atoms with Gasteiger partial charge in [0.25, 0.3) is 0 Å². The summed E-state index contributed by atoms with van der Waals surface area (Å²) in [7, 11) is 1.89. The maximum atomic E-state index is 6.10. The van der Waals surface area contributed by atoms with E-state index in [2.05, 4.69) is 22.4 Å². The van der Waals surface area contributed by atoms with Gasteiger partial charge < -0.3 is 10.1 Å². The van der Waals surface area contributed by atoms with Crippen LogP contribution in [0.4, 0.5) is 0 Å². The van der Waals surface area contributed by atoms with Gasteiger partial charge in [-0.25, -0.2) is 4.98 Å². The highest BCUT2D eigenvalue weighted by Gasteiger charge is 2.12. The lowest BCUT2D eigenvalue weighted by molar-refractivity contribution is 0.461. The molecule has 0 saturated heterocycles. The highest BCUT2D eigenvalue weighted by Crippen LogP contribution is 2.29. The first-order chi connectivity index (χ1) is 9.76. The third-order valence-corrected chi connectivity index (χ3v) is 3.91. The number of aryl methyl sites for hydroxylation is 2. The first kappa shape index (κ1) is 13.4. The molecule has 104 valence electrons. The first-order valence-electron chi connectivity index (χ1n) is 6.85. The van der Waals surface area contributed by atoms with Gasteiger partial charge in [0.1, 0.15) is 5.75 Å². The Morgan fingerprint density at radius 2 is 2.10 bits per heavy atom. The first-order valence-corrected chi connectivity index (χ1v) is 7.23. The number of nitrogens with zero attached hydrogens (tertiary/aromatic N) is 1. The number of halogens is 1. The zero-order valence-electron chi connectivity index (χ0n) is 11.4. The molecule has 0 unspecified atom stereocenters. The average Bonchev–Trinajstić information content (AvgIpc) is 2.90. The minimum atomic E-state index is 0.581. The zero-order chi connectivity index (χ0) is 13.9. The Kier molecular flexibility index (Phi) is 3.90. The van der Waals surface area contributed by atoms with Crippen LogP contribution in [-0.4, -0.2) is 12.0 Å². The molecule has 0 bridgehead atoms. The third kappa shape index (κ3) is 2.79. The van der Waals surface area contributed by atoms with E-state index in [-0.39, 0.29) is 0 Å². The molecule has 1 aromatic heterocycles. The number of nitrogens with one attached hydrogen (secondary N) is 1. The van der Waals surface area contributed by atoms with E-state index in [0.29, 0.717) is 17.4 Å². The van der Waals surface area contributed by atoms with Gasteiger partial charge in [-0.15, -0.1) is 0 Å². The van der Waals surface area contributed by atoms with E-state index in [9.17, 15) is 0 Å². The van der Waals surface area contributed by atoms with Gasteiger partial charge in [-0.3, -0.25) is 0 Å². The molecule has 1 aliphatic carbocycles. The Morgan fingerprint density at radius 1 is 1.25 bits per heavy atom. The molecule has 3 rings (SSSR count). The van der Waals surface area contributed by atoms with Gasteiger partial charge in [-0.05, 0) is 55.1 Å². The lowest BCUT2D eigenvalue weighted by atomic mass is 10.1. The van der Waals surface area contributed by atoms with Gasteiger partial charge >= 0.3 is 0 Å². The molecule has 20 heavy (non-hydrogen) atoms. The topological polar surface area (TPSA) is 34.1 Å². The number of aromatic nitrogens is 1. The number of hydrogen-bond acceptors (Lipinski definition) is 3. The number of fused-ring (bicyclic) bond motifs is 1. The van der Waals surface area contributed by atoms with E-state index >= 15 is 0 Å². The zero-order valence-corrected chi connectivity index (χ0v) is 12.2. The Bertz CT molecular complexity index is 628. The number of ether oxygens (including phenoxy) is 1. The second-order valence-corrected chi connectivity index (χ2v) is 5.44. The van der Waals surface area contributed by atoms with Crippen molar-refractivity contribution in [2.75, 3.05) is 7.05 Å². The quantitative estimate of drug-likeness (QED) is 0.931. The van der Waals surface area contributed by atoms with Crippen LogP contribution in [0.1, 0.15) is 23.1 Å². The van der Waals surface area contributed by atoms with E-state index < -0.39 is 0 Å². The van der Waals surface area contributed by atoms with Gasteiger partial charge in [0.2, 0.25) is 5.88 Å². The molecule has 0 radical (unpaired) electrons. The summed E-state index contributed by atoms with van der Waals surface area (Å²) in [6, 6.07) is 8.17. The summed E-state index contributed by atoms with van der Waals surface area (Å²) in [5.41, 5.74) is 3.82. The minimum absolute atomic E-state index is 0.581. The standard InChI is InChI=1S/C16H17ClN2O/c1-18-9-13-8-16(19-10-15(13)17)20-14-6-5-11-3-2-4-12(11)7-14/h5-8,10,18H,2-4,9H2,1H3. The van der Waals surface area contributed by atoms with Crippen molar-refractivity contribution in [2.45, 2.75) is 25.8 Å². The summed E-state index contributed by atoms with van der Waals surface area (Å²) < 4.78 is 5.85. The molecule has 2 aromatic rings. The Labute approximate surface area is 123 Å². The van der Waals surface area contributed by atoms with E-state index in [1.165, 1.54) is 24.0 Å². The normalized spacial score (nSPS) is 13.3. The maximum Gasteiger partial charge on any atom is 0.219 e. The molecule has 0 fully saturated rings. The summed E-state index contributed by atoms with van der Waals surface area (Å²) in [5, 5.41) is 3.74. The van der Waals surface area contributed by atoms with Crippen molar-refractivity contribution in [1.29, 1.82) is 0 Å². The maximum absolute atomic E-state index is 6.10. The van der Waals surface area contributed by atoms with Gasteiger partial charge in [-0.2, -0.15) is 0 Å². The smallest absolute Gasteiger partial charge is 0.219 e. The predicted molar refractivity (Wildman–Crippen MR) is 80.6 cm³/mol. The fourth-order valence-electron chi connectivity index (χ4n) is 2.57. The van der Waals surface area contributed by atoms with E-state index in [4.69, 9.17) is 16.3 Å². The molecule has 0 spiro atoms. The van der Waals surface area contributed by atoms with Crippen molar-refractivity contribution in [2.24, 2.45) is 0 Å². The second kappa shape index (κ2) is 5.81. The molecular weight excluding hydrogens is 272 g/mol. The van der Waals surface area contributed by atoms with Crippen molar-refractivity contribution in [3.05, 3.63) is 52.2 Å². The van der Waals surface area contributed by atoms with Crippen LogP contribution in [0.2, 0.25) is 5.02 Å². The second-order valence-electron chi connectivity index (χ2n) is 5.03. The minimum Gasteiger partial charge on any atom is -0.439 e. The fraction of sp³-hybridized carbons (Fsp3) is 0.312. The van der Waals surface area contributed by atoms with Crippen molar-refractivity contribution >= 4 is 11.6 Å². The van der Waals surface area contributed by atoms with Crippen LogP contribution >= 0.6 is 11.6 Å². The largest absolute Gasteiger partial charge is 0.439 e. The van der Waals surface area contributed by atoms with Crippen LogP contribution in [0.15, 0.2) is 30.5 Å². The summed E-state index contributed by atoms with van der Waals surface area (Å²) >= 11 is 6.10. The molecule has 0 saturated carbocycles. The Hall–Kier alpha value is -1.58. The Morgan fingerprint density at radius 3 is 2.95 bits per heavy atom. The predicted octanol–water partition coefficient (Wildman–Crippen LogP) is 3.74. The summed E-state index contributed by atoms with van der Waals surface area (Å²) in [6.45, 7) is 0.696. The van der Waals surface area contributed by atoms with E-state index in [1.54, 1.807) is 6.20 Å². The molecule has 4 heteroatoms. The van der Waals surface area contributed by atoms with Gasteiger partial charge in [0.15, 0.2) is 0 Å². The molecule has 1 aromatic carbocycles. The summed E-state index contributed by atoms with van der Waals surface area (Å²) in [6.07, 6.45) is 5.20. The number of benzene rings is 1.